The van der Waals surface area contributed by atoms with Gasteiger partial charge in [-0.25, -0.2) is 19.0 Å². The van der Waals surface area contributed by atoms with Crippen molar-refractivity contribution >= 4 is 16.9 Å². The number of nitrogens with zero attached hydrogens (tertiary/aromatic N) is 4. The van der Waals surface area contributed by atoms with E-state index in [2.05, 4.69) is 20.4 Å². The smallest absolute Gasteiger partial charge is 0.168 e. The van der Waals surface area contributed by atoms with E-state index in [-0.39, 0.29) is 12.4 Å². The number of rotatable bonds is 5. The third-order valence-corrected chi connectivity index (χ3v) is 3.35. The van der Waals surface area contributed by atoms with Gasteiger partial charge in [-0.1, -0.05) is 12.1 Å². The number of nitrogens with one attached hydrogen (secondary N) is 1. The van der Waals surface area contributed by atoms with Crippen LogP contribution in [0.25, 0.3) is 16.7 Å². The number of hydrogen-bond donors (Lipinski definition) is 2. The van der Waals surface area contributed by atoms with Crippen LogP contribution < -0.4 is 5.32 Å². The standard InChI is InChI=1S/C15H16FN5O/c1-10-13-14(17-7-4-8-22)18-9-19-15(13)21(20-10)12-6-3-2-5-11(12)16/h2-3,5-6,9,22H,4,7-8H2,1H3,(H,17,18,19). The summed E-state index contributed by atoms with van der Waals surface area (Å²) < 4.78 is 15.5. The molecule has 22 heavy (non-hydrogen) atoms. The fourth-order valence-corrected chi connectivity index (χ4v) is 2.33. The highest BCUT2D eigenvalue weighted by Crippen LogP contribution is 2.26. The van der Waals surface area contributed by atoms with Gasteiger partial charge in [0, 0.05) is 13.2 Å². The van der Waals surface area contributed by atoms with Crippen LogP contribution in [-0.2, 0) is 0 Å². The largest absolute Gasteiger partial charge is 0.396 e. The number of halogens is 1. The van der Waals surface area contributed by atoms with Crippen molar-refractivity contribution < 1.29 is 9.50 Å². The monoisotopic (exact) mass is 301 g/mol. The van der Waals surface area contributed by atoms with E-state index in [9.17, 15) is 4.39 Å². The van der Waals surface area contributed by atoms with Crippen LogP contribution >= 0.6 is 0 Å². The third kappa shape index (κ3) is 2.50. The highest BCUT2D eigenvalue weighted by molar-refractivity contribution is 5.90. The van der Waals surface area contributed by atoms with Crippen LogP contribution in [0.15, 0.2) is 30.6 Å². The summed E-state index contributed by atoms with van der Waals surface area (Å²) in [6.07, 6.45) is 2.04. The van der Waals surface area contributed by atoms with Gasteiger partial charge in [0.25, 0.3) is 0 Å². The summed E-state index contributed by atoms with van der Waals surface area (Å²) in [5.74, 6) is 0.277. The topological polar surface area (TPSA) is 75.9 Å². The third-order valence-electron chi connectivity index (χ3n) is 3.35. The van der Waals surface area contributed by atoms with Gasteiger partial charge in [-0.3, -0.25) is 0 Å². The maximum Gasteiger partial charge on any atom is 0.168 e. The second kappa shape index (κ2) is 6.07. The van der Waals surface area contributed by atoms with Crippen molar-refractivity contribution in [2.75, 3.05) is 18.5 Å². The summed E-state index contributed by atoms with van der Waals surface area (Å²) in [5.41, 5.74) is 1.61. The molecule has 1 aromatic carbocycles. The zero-order valence-corrected chi connectivity index (χ0v) is 12.1. The molecule has 0 unspecified atom stereocenters. The van der Waals surface area contributed by atoms with E-state index in [4.69, 9.17) is 5.11 Å². The van der Waals surface area contributed by atoms with E-state index in [1.165, 1.54) is 17.1 Å². The summed E-state index contributed by atoms with van der Waals surface area (Å²) in [7, 11) is 0. The Morgan fingerprint density at radius 3 is 2.86 bits per heavy atom. The van der Waals surface area contributed by atoms with E-state index in [1.807, 2.05) is 6.92 Å². The summed E-state index contributed by atoms with van der Waals surface area (Å²) in [6, 6.07) is 6.43. The van der Waals surface area contributed by atoms with Crippen molar-refractivity contribution in [1.82, 2.24) is 19.7 Å². The molecule has 0 spiro atoms. The van der Waals surface area contributed by atoms with E-state index >= 15 is 0 Å². The van der Waals surface area contributed by atoms with Gasteiger partial charge >= 0.3 is 0 Å². The first-order chi connectivity index (χ1) is 10.7. The Morgan fingerprint density at radius 2 is 2.09 bits per heavy atom. The summed E-state index contributed by atoms with van der Waals surface area (Å²) in [5, 5.41) is 17.2. The first-order valence-electron chi connectivity index (χ1n) is 7.02. The van der Waals surface area contributed by atoms with E-state index in [0.717, 1.165) is 5.39 Å². The average Bonchev–Trinajstić information content (AvgIpc) is 2.86. The average molecular weight is 301 g/mol. The second-order valence-electron chi connectivity index (χ2n) is 4.87. The van der Waals surface area contributed by atoms with Crippen LogP contribution in [0.3, 0.4) is 0 Å². The van der Waals surface area contributed by atoms with Gasteiger partial charge in [0.15, 0.2) is 5.65 Å². The summed E-state index contributed by atoms with van der Waals surface area (Å²) >= 11 is 0. The fraction of sp³-hybridized carbons (Fsp3) is 0.267. The lowest BCUT2D eigenvalue weighted by Gasteiger charge is -2.06. The Kier molecular flexibility index (Phi) is 3.97. The lowest BCUT2D eigenvalue weighted by atomic mass is 10.3. The molecule has 0 aliphatic heterocycles. The predicted octanol–water partition coefficient (Wildman–Crippen LogP) is 2.06. The minimum absolute atomic E-state index is 0.106. The number of anilines is 1. The van der Waals surface area contributed by atoms with Crippen molar-refractivity contribution in [2.45, 2.75) is 13.3 Å². The normalized spacial score (nSPS) is 11.0. The van der Waals surface area contributed by atoms with Gasteiger partial charge in [0.1, 0.15) is 23.6 Å². The fourth-order valence-electron chi connectivity index (χ4n) is 2.33. The molecule has 2 aromatic heterocycles. The van der Waals surface area contributed by atoms with Crippen molar-refractivity contribution in [3.05, 3.63) is 42.1 Å². The number of aromatic nitrogens is 4. The Hall–Kier alpha value is -2.54. The van der Waals surface area contributed by atoms with Crippen LogP contribution in [0, 0.1) is 12.7 Å². The number of para-hydroxylation sites is 1. The number of aliphatic hydroxyl groups excluding tert-OH is 1. The molecule has 3 rings (SSSR count). The zero-order valence-electron chi connectivity index (χ0n) is 12.1. The predicted molar refractivity (Wildman–Crippen MR) is 81.5 cm³/mol. The maximum atomic E-state index is 14.0. The minimum Gasteiger partial charge on any atom is -0.396 e. The molecule has 6 nitrogen and oxygen atoms in total. The number of benzene rings is 1. The molecule has 2 heterocycles. The van der Waals surface area contributed by atoms with Gasteiger partial charge < -0.3 is 10.4 Å². The number of aryl methyl sites for hydroxylation is 1. The molecule has 114 valence electrons. The van der Waals surface area contributed by atoms with Crippen LogP contribution in [-0.4, -0.2) is 38.0 Å². The molecule has 7 heteroatoms. The molecular weight excluding hydrogens is 285 g/mol. The van der Waals surface area contributed by atoms with Gasteiger partial charge in [-0.15, -0.1) is 0 Å². The molecule has 0 bridgehead atoms. The summed E-state index contributed by atoms with van der Waals surface area (Å²) in [6.45, 7) is 2.53. The molecule has 0 aliphatic carbocycles. The first kappa shape index (κ1) is 14.4. The molecule has 0 radical (unpaired) electrons. The van der Waals surface area contributed by atoms with Crippen LogP contribution in [0.5, 0.6) is 0 Å². The van der Waals surface area contributed by atoms with Crippen molar-refractivity contribution in [2.24, 2.45) is 0 Å². The Labute approximate surface area is 126 Å². The van der Waals surface area contributed by atoms with Crippen LogP contribution in [0.2, 0.25) is 0 Å². The molecule has 0 aliphatic rings. The zero-order chi connectivity index (χ0) is 15.5. The van der Waals surface area contributed by atoms with Crippen LogP contribution in [0.1, 0.15) is 12.1 Å². The first-order valence-corrected chi connectivity index (χ1v) is 7.02. The number of hydrogen-bond acceptors (Lipinski definition) is 5. The van der Waals surface area contributed by atoms with E-state index < -0.39 is 0 Å². The molecule has 3 aromatic rings. The lowest BCUT2D eigenvalue weighted by Crippen LogP contribution is -2.06. The van der Waals surface area contributed by atoms with Crippen molar-refractivity contribution in [1.29, 1.82) is 0 Å². The Balaban J connectivity index is 2.11. The Morgan fingerprint density at radius 1 is 1.27 bits per heavy atom. The van der Waals surface area contributed by atoms with Gasteiger partial charge in [0.2, 0.25) is 0 Å². The molecule has 2 N–H and O–H groups in total. The van der Waals surface area contributed by atoms with E-state index in [1.54, 1.807) is 18.2 Å². The van der Waals surface area contributed by atoms with Crippen LogP contribution in [0.4, 0.5) is 10.2 Å². The molecule has 0 amide bonds. The van der Waals surface area contributed by atoms with Gasteiger partial charge in [-0.05, 0) is 25.5 Å². The number of fused-ring (bicyclic) bond motifs is 1. The van der Waals surface area contributed by atoms with E-state index in [0.29, 0.717) is 35.8 Å². The molecule has 0 atom stereocenters. The summed E-state index contributed by atoms with van der Waals surface area (Å²) in [4.78, 5) is 8.46. The highest BCUT2D eigenvalue weighted by atomic mass is 19.1. The molecular formula is C15H16FN5O. The minimum atomic E-state index is -0.361. The Bertz CT molecular complexity index is 802. The lowest BCUT2D eigenvalue weighted by molar-refractivity contribution is 0.292. The molecule has 0 fully saturated rings. The SMILES string of the molecule is Cc1nn(-c2ccccc2F)c2ncnc(NCCCO)c12. The quantitative estimate of drug-likeness (QED) is 0.705. The van der Waals surface area contributed by atoms with Gasteiger partial charge in [-0.2, -0.15) is 5.10 Å². The van der Waals surface area contributed by atoms with Gasteiger partial charge in [0.05, 0.1) is 11.1 Å². The van der Waals surface area contributed by atoms with Crippen molar-refractivity contribution in [3.8, 4) is 5.69 Å². The highest BCUT2D eigenvalue weighted by Gasteiger charge is 2.16. The maximum absolute atomic E-state index is 14.0. The molecule has 0 saturated carbocycles. The second-order valence-corrected chi connectivity index (χ2v) is 4.87. The van der Waals surface area contributed by atoms with Crippen molar-refractivity contribution in [3.63, 3.8) is 0 Å². The molecule has 0 saturated heterocycles. The number of aliphatic hydroxyl groups is 1.